The van der Waals surface area contributed by atoms with Gasteiger partial charge in [-0.05, 0) is 17.5 Å². The summed E-state index contributed by atoms with van der Waals surface area (Å²) in [7, 11) is 1.67. The van der Waals surface area contributed by atoms with Gasteiger partial charge in [-0.3, -0.25) is 4.79 Å². The van der Waals surface area contributed by atoms with Crippen LogP contribution in [0.4, 0.5) is 0 Å². The Kier molecular flexibility index (Phi) is 5.82. The monoisotopic (exact) mass is 250 g/mol. The molecule has 0 radical (unpaired) electrons. The smallest absolute Gasteiger partial charge is 0.252 e. The van der Waals surface area contributed by atoms with Crippen molar-refractivity contribution >= 4 is 5.91 Å². The summed E-state index contributed by atoms with van der Waals surface area (Å²) in [5, 5.41) is 9.37. The molecule has 0 aliphatic heterocycles. The van der Waals surface area contributed by atoms with Crippen LogP contribution in [0.5, 0.6) is 0 Å². The fourth-order valence-electron chi connectivity index (χ4n) is 1.81. The molecule has 3 N–H and O–H groups in total. The van der Waals surface area contributed by atoms with Gasteiger partial charge >= 0.3 is 0 Å². The first-order valence-corrected chi connectivity index (χ1v) is 6.29. The third-order valence-corrected chi connectivity index (χ3v) is 2.87. The van der Waals surface area contributed by atoms with Crippen molar-refractivity contribution < 1.29 is 9.90 Å². The van der Waals surface area contributed by atoms with E-state index in [4.69, 9.17) is 5.73 Å². The molecule has 1 rings (SSSR count). The van der Waals surface area contributed by atoms with Crippen LogP contribution in [0.1, 0.15) is 24.5 Å². The van der Waals surface area contributed by atoms with Crippen molar-refractivity contribution in [2.24, 2.45) is 5.73 Å². The molecule has 1 atom stereocenters. The van der Waals surface area contributed by atoms with Crippen LogP contribution in [0, 0.1) is 0 Å². The van der Waals surface area contributed by atoms with Crippen LogP contribution in [0.15, 0.2) is 24.3 Å². The zero-order valence-corrected chi connectivity index (χ0v) is 11.1. The van der Waals surface area contributed by atoms with E-state index in [2.05, 4.69) is 19.1 Å². The minimum Gasteiger partial charge on any atom is -0.382 e. The first-order chi connectivity index (χ1) is 8.58. The van der Waals surface area contributed by atoms with E-state index < -0.39 is 6.10 Å². The van der Waals surface area contributed by atoms with E-state index in [1.54, 1.807) is 7.05 Å². The molecule has 1 unspecified atom stereocenters. The number of nitrogens with two attached hydrogens (primary N) is 1. The third-order valence-electron chi connectivity index (χ3n) is 2.87. The van der Waals surface area contributed by atoms with E-state index >= 15 is 0 Å². The van der Waals surface area contributed by atoms with Crippen molar-refractivity contribution in [3.05, 3.63) is 35.4 Å². The number of aliphatic hydroxyl groups excluding tert-OH is 1. The van der Waals surface area contributed by atoms with E-state index in [1.165, 1.54) is 10.5 Å². The number of amides is 1. The lowest BCUT2D eigenvalue weighted by atomic mass is 10.1. The van der Waals surface area contributed by atoms with Gasteiger partial charge in [-0.1, -0.05) is 37.6 Å². The van der Waals surface area contributed by atoms with Crippen LogP contribution in [-0.2, 0) is 17.8 Å². The van der Waals surface area contributed by atoms with E-state index in [0.29, 0.717) is 6.54 Å². The van der Waals surface area contributed by atoms with Gasteiger partial charge in [0, 0.05) is 20.1 Å². The molecule has 0 aromatic heterocycles. The highest BCUT2D eigenvalue weighted by atomic mass is 16.3. The maximum Gasteiger partial charge on any atom is 0.252 e. The van der Waals surface area contributed by atoms with Crippen molar-refractivity contribution in [3.63, 3.8) is 0 Å². The number of aryl methyl sites for hydroxylation is 1. The first kappa shape index (κ1) is 14.7. The lowest BCUT2D eigenvalue weighted by Crippen LogP contribution is -2.40. The zero-order chi connectivity index (χ0) is 13.5. The maximum atomic E-state index is 11.6. The Morgan fingerprint density at radius 3 is 2.39 bits per heavy atom. The van der Waals surface area contributed by atoms with E-state index in [9.17, 15) is 9.90 Å². The van der Waals surface area contributed by atoms with Gasteiger partial charge in [0.1, 0.15) is 6.10 Å². The molecule has 18 heavy (non-hydrogen) atoms. The zero-order valence-electron chi connectivity index (χ0n) is 11.1. The largest absolute Gasteiger partial charge is 0.382 e. The van der Waals surface area contributed by atoms with Crippen molar-refractivity contribution in [1.82, 2.24) is 4.90 Å². The first-order valence-electron chi connectivity index (χ1n) is 6.29. The maximum absolute atomic E-state index is 11.6. The van der Waals surface area contributed by atoms with Gasteiger partial charge in [-0.25, -0.2) is 0 Å². The molecule has 4 nitrogen and oxygen atoms in total. The topological polar surface area (TPSA) is 66.6 Å². The molecule has 0 spiro atoms. The average Bonchev–Trinajstić information content (AvgIpc) is 2.39. The molecular weight excluding hydrogens is 228 g/mol. The molecule has 0 fully saturated rings. The van der Waals surface area contributed by atoms with Gasteiger partial charge in [0.05, 0.1) is 0 Å². The van der Waals surface area contributed by atoms with Gasteiger partial charge in [-0.2, -0.15) is 0 Å². The number of hydrogen-bond acceptors (Lipinski definition) is 3. The fourth-order valence-corrected chi connectivity index (χ4v) is 1.81. The quantitative estimate of drug-likeness (QED) is 0.789. The highest BCUT2D eigenvalue weighted by molar-refractivity contribution is 5.80. The molecule has 0 bridgehead atoms. The van der Waals surface area contributed by atoms with E-state index in [1.807, 2.05) is 12.1 Å². The Morgan fingerprint density at radius 1 is 1.33 bits per heavy atom. The Morgan fingerprint density at radius 2 is 1.89 bits per heavy atom. The third kappa shape index (κ3) is 4.13. The summed E-state index contributed by atoms with van der Waals surface area (Å²) in [6.45, 7) is 2.59. The summed E-state index contributed by atoms with van der Waals surface area (Å²) in [5.74, 6) is -0.338. The van der Waals surface area contributed by atoms with Crippen LogP contribution >= 0.6 is 0 Å². The number of aliphatic hydroxyl groups is 1. The number of hydrogen-bond donors (Lipinski definition) is 2. The van der Waals surface area contributed by atoms with Crippen LogP contribution in [0.3, 0.4) is 0 Å². The highest BCUT2D eigenvalue weighted by Gasteiger charge is 2.17. The van der Waals surface area contributed by atoms with Gasteiger partial charge < -0.3 is 15.7 Å². The van der Waals surface area contributed by atoms with Gasteiger partial charge in [0.2, 0.25) is 0 Å². The van der Waals surface area contributed by atoms with Gasteiger partial charge in [0.25, 0.3) is 5.91 Å². The molecule has 1 aromatic rings. The van der Waals surface area contributed by atoms with E-state index in [-0.39, 0.29) is 12.5 Å². The normalized spacial score (nSPS) is 12.2. The lowest BCUT2D eigenvalue weighted by molar-refractivity contribution is -0.138. The minimum absolute atomic E-state index is 0.0430. The summed E-state index contributed by atoms with van der Waals surface area (Å²) in [5.41, 5.74) is 7.61. The second-order valence-electron chi connectivity index (χ2n) is 4.51. The van der Waals surface area contributed by atoms with Crippen molar-refractivity contribution in [2.75, 3.05) is 13.6 Å². The molecule has 0 heterocycles. The summed E-state index contributed by atoms with van der Waals surface area (Å²) in [6, 6.07) is 8.19. The molecule has 0 saturated heterocycles. The number of carbonyl (C=O) groups excluding carboxylic acids is 1. The Labute approximate surface area is 108 Å². The average molecular weight is 250 g/mol. The number of benzene rings is 1. The number of rotatable bonds is 6. The summed E-state index contributed by atoms with van der Waals surface area (Å²) < 4.78 is 0. The molecule has 0 aliphatic rings. The standard InChI is InChI=1S/C14H22N2O2/c1-3-4-11-5-7-12(8-6-11)10-16(2)14(18)13(17)9-15/h5-8,13,17H,3-4,9-10,15H2,1-2H3. The van der Waals surface area contributed by atoms with Crippen molar-refractivity contribution in [3.8, 4) is 0 Å². The van der Waals surface area contributed by atoms with Gasteiger partial charge in [0.15, 0.2) is 0 Å². The second kappa shape index (κ2) is 7.13. The Hall–Kier alpha value is -1.39. The summed E-state index contributed by atoms with van der Waals surface area (Å²) in [4.78, 5) is 13.1. The number of likely N-dealkylation sites (N-methyl/N-ethyl adjacent to an activating group) is 1. The lowest BCUT2D eigenvalue weighted by Gasteiger charge is -2.20. The molecule has 0 aliphatic carbocycles. The van der Waals surface area contributed by atoms with Crippen LogP contribution in [-0.4, -0.2) is 35.6 Å². The van der Waals surface area contributed by atoms with Crippen LogP contribution < -0.4 is 5.73 Å². The predicted molar refractivity (Wildman–Crippen MR) is 72.0 cm³/mol. The summed E-state index contributed by atoms with van der Waals surface area (Å²) >= 11 is 0. The van der Waals surface area contributed by atoms with Crippen molar-refractivity contribution in [1.29, 1.82) is 0 Å². The Balaban J connectivity index is 2.59. The predicted octanol–water partition coefficient (Wildman–Crippen LogP) is 0.917. The van der Waals surface area contributed by atoms with Crippen LogP contribution in [0.2, 0.25) is 0 Å². The highest BCUT2D eigenvalue weighted by Crippen LogP contribution is 2.09. The minimum atomic E-state index is -1.10. The molecule has 0 saturated carbocycles. The van der Waals surface area contributed by atoms with Gasteiger partial charge in [-0.15, -0.1) is 0 Å². The molecule has 1 aromatic carbocycles. The fraction of sp³-hybridized carbons (Fsp3) is 0.500. The number of carbonyl (C=O) groups is 1. The van der Waals surface area contributed by atoms with Crippen molar-refractivity contribution in [2.45, 2.75) is 32.4 Å². The SMILES string of the molecule is CCCc1ccc(CN(C)C(=O)C(O)CN)cc1. The number of nitrogens with zero attached hydrogens (tertiary/aromatic N) is 1. The van der Waals surface area contributed by atoms with Crippen LogP contribution in [0.25, 0.3) is 0 Å². The summed E-state index contributed by atoms with van der Waals surface area (Å²) in [6.07, 6.45) is 1.09. The molecule has 4 heteroatoms. The molecule has 100 valence electrons. The van der Waals surface area contributed by atoms with E-state index in [0.717, 1.165) is 18.4 Å². The second-order valence-corrected chi connectivity index (χ2v) is 4.51. The molecule has 1 amide bonds. The Bertz CT molecular complexity index is 376. The molecular formula is C14H22N2O2.